The van der Waals surface area contributed by atoms with Crippen molar-refractivity contribution in [3.8, 4) is 11.5 Å². The molecule has 0 spiro atoms. The van der Waals surface area contributed by atoms with E-state index in [4.69, 9.17) is 0 Å². The van der Waals surface area contributed by atoms with Crippen LogP contribution in [0.15, 0.2) is 0 Å². The first-order chi connectivity index (χ1) is 7.02. The summed E-state index contributed by atoms with van der Waals surface area (Å²) < 4.78 is 8.61. The first kappa shape index (κ1) is 20.4. The van der Waals surface area contributed by atoms with Crippen molar-refractivity contribution >= 4 is 115 Å². The van der Waals surface area contributed by atoms with Gasteiger partial charge in [0.05, 0.1) is 14.2 Å². The normalized spacial score (nSPS) is 8.59. The summed E-state index contributed by atoms with van der Waals surface area (Å²) in [6.07, 6.45) is 0. The molecule has 3 N–H and O–H groups in total. The van der Waals surface area contributed by atoms with Gasteiger partial charge in [-0.15, -0.1) is 0 Å². The van der Waals surface area contributed by atoms with Crippen LogP contribution >= 0.6 is 0 Å². The third kappa shape index (κ3) is 4.60. The van der Waals surface area contributed by atoms with Crippen molar-refractivity contribution in [2.24, 2.45) is 0 Å². The molecular weight excluding hydrogens is 284 g/mol. The molecule has 0 unspecified atom stereocenters. The molecule has 0 aliphatic carbocycles. The fourth-order valence-electron chi connectivity index (χ4n) is 0.980. The van der Waals surface area contributed by atoms with E-state index in [0.29, 0.717) is 0 Å². The van der Waals surface area contributed by atoms with Crippen LogP contribution in [0.4, 0.5) is 0 Å². The van der Waals surface area contributed by atoms with Crippen molar-refractivity contribution in [2.45, 2.75) is 0 Å². The van der Waals surface area contributed by atoms with Gasteiger partial charge in [-0.05, 0) is 0 Å². The summed E-state index contributed by atoms with van der Waals surface area (Å²) in [4.78, 5) is 24.3. The fourth-order valence-corrected chi connectivity index (χ4v) is 0.980. The molecule has 1 aromatic heterocycles. The summed E-state index contributed by atoms with van der Waals surface area (Å²) in [7, 11) is 2.19. The van der Waals surface area contributed by atoms with Crippen LogP contribution in [0.2, 0.25) is 0 Å². The topological polar surface area (TPSA) is 109 Å². The molecule has 1 heterocycles. The summed E-state index contributed by atoms with van der Waals surface area (Å²) in [6, 6.07) is 0. The molecule has 0 aromatic carbocycles. The van der Waals surface area contributed by atoms with Crippen LogP contribution in [0.25, 0.3) is 0 Å². The van der Waals surface area contributed by atoms with Crippen LogP contribution < -0.4 is 0 Å². The molecular formula is C8H11K2NO6. The van der Waals surface area contributed by atoms with Crippen LogP contribution in [-0.2, 0) is 9.47 Å². The van der Waals surface area contributed by atoms with E-state index >= 15 is 0 Å². The number of carbonyl (C=O) groups is 2. The molecule has 0 radical (unpaired) electrons. The minimum atomic E-state index is -0.905. The number of aromatic hydroxyl groups is 2. The molecule has 86 valence electrons. The Hall–Kier alpha value is 1.09. The van der Waals surface area contributed by atoms with Gasteiger partial charge in [-0.25, -0.2) is 9.59 Å². The Bertz CT molecular complexity index is 380. The molecule has 0 bridgehead atoms. The van der Waals surface area contributed by atoms with Crippen LogP contribution in [0, 0.1) is 0 Å². The molecule has 0 aliphatic rings. The first-order valence-corrected chi connectivity index (χ1v) is 3.83. The predicted octanol–water partition coefficient (Wildman–Crippen LogP) is -1.30. The van der Waals surface area contributed by atoms with E-state index in [1.165, 1.54) is 0 Å². The molecule has 0 saturated carbocycles. The Labute approximate surface area is 182 Å². The molecule has 0 atom stereocenters. The van der Waals surface area contributed by atoms with E-state index in [1.807, 2.05) is 0 Å². The van der Waals surface area contributed by atoms with E-state index in [-0.39, 0.29) is 103 Å². The number of aromatic nitrogens is 1. The van der Waals surface area contributed by atoms with Crippen molar-refractivity contribution in [1.82, 2.24) is 4.98 Å². The van der Waals surface area contributed by atoms with Crippen molar-refractivity contribution < 1.29 is 29.3 Å². The molecule has 17 heavy (non-hydrogen) atoms. The zero-order chi connectivity index (χ0) is 11.6. The number of carbonyl (C=O) groups excluding carboxylic acids is 2. The van der Waals surface area contributed by atoms with Gasteiger partial charge in [-0.2, -0.15) is 0 Å². The number of ether oxygens (including phenoxy) is 2. The number of aromatic amines is 1. The molecule has 1 aromatic rings. The number of nitrogens with one attached hydrogen (secondary N) is 1. The van der Waals surface area contributed by atoms with Crippen LogP contribution in [0.5, 0.6) is 11.5 Å². The molecule has 0 saturated heterocycles. The van der Waals surface area contributed by atoms with Gasteiger partial charge in [0.15, 0.2) is 22.9 Å². The van der Waals surface area contributed by atoms with Crippen molar-refractivity contribution in [3.05, 3.63) is 11.4 Å². The first-order valence-electron chi connectivity index (χ1n) is 3.83. The molecule has 9 heteroatoms. The van der Waals surface area contributed by atoms with Crippen LogP contribution in [0.1, 0.15) is 21.0 Å². The van der Waals surface area contributed by atoms with Gasteiger partial charge in [0.25, 0.3) is 0 Å². The van der Waals surface area contributed by atoms with E-state index in [9.17, 15) is 19.8 Å². The molecule has 1 rings (SSSR count). The molecule has 0 amide bonds. The predicted molar refractivity (Wildman–Crippen MR) is 61.1 cm³/mol. The number of methoxy groups -OCH3 is 2. The number of esters is 2. The number of rotatable bonds is 2. The minimum absolute atomic E-state index is 0. The number of H-pyrrole nitrogens is 1. The molecule has 0 fully saturated rings. The van der Waals surface area contributed by atoms with Crippen LogP contribution in [0.3, 0.4) is 0 Å². The SMILES string of the molecule is COC(=O)c1[nH]c(C(=O)OC)c(O)c1O.[KH].[KH]. The molecule has 0 aliphatic heterocycles. The van der Waals surface area contributed by atoms with Gasteiger partial charge >= 0.3 is 115 Å². The number of hydrogen-bond acceptors (Lipinski definition) is 6. The summed E-state index contributed by atoms with van der Waals surface area (Å²) in [5, 5.41) is 18.5. The Morgan fingerprint density at radius 3 is 1.47 bits per heavy atom. The van der Waals surface area contributed by atoms with E-state index in [2.05, 4.69) is 14.5 Å². The summed E-state index contributed by atoms with van der Waals surface area (Å²) in [5.41, 5.74) is -0.814. The van der Waals surface area contributed by atoms with Crippen molar-refractivity contribution in [1.29, 1.82) is 0 Å². The Morgan fingerprint density at radius 2 is 1.24 bits per heavy atom. The average Bonchev–Trinajstić information content (AvgIpc) is 2.54. The van der Waals surface area contributed by atoms with Crippen molar-refractivity contribution in [2.75, 3.05) is 14.2 Å². The standard InChI is InChI=1S/C8H9NO6.2K.2H/c1-14-7(12)3-5(10)6(11)4(9-3)8(13)15-2;;;;/h9-11H,1-2H3;;;;. The summed E-state index contributed by atoms with van der Waals surface area (Å²) in [6.45, 7) is 0. The van der Waals surface area contributed by atoms with E-state index in [0.717, 1.165) is 14.2 Å². The van der Waals surface area contributed by atoms with E-state index in [1.54, 1.807) is 0 Å². The van der Waals surface area contributed by atoms with Gasteiger partial charge in [-0.1, -0.05) is 0 Å². The van der Waals surface area contributed by atoms with Crippen molar-refractivity contribution in [3.63, 3.8) is 0 Å². The zero-order valence-corrected chi connectivity index (χ0v) is 8.03. The summed E-state index contributed by atoms with van der Waals surface area (Å²) in [5.74, 6) is -3.31. The third-order valence-electron chi connectivity index (χ3n) is 1.73. The second-order valence-electron chi connectivity index (χ2n) is 2.56. The fraction of sp³-hybridized carbons (Fsp3) is 0.250. The Kier molecular flexibility index (Phi) is 10.9. The zero-order valence-electron chi connectivity index (χ0n) is 8.03. The maximum absolute atomic E-state index is 11.0. The van der Waals surface area contributed by atoms with E-state index < -0.39 is 34.8 Å². The second-order valence-corrected chi connectivity index (χ2v) is 2.56. The summed E-state index contributed by atoms with van der Waals surface area (Å²) >= 11 is 0. The number of hydrogen-bond donors (Lipinski definition) is 3. The third-order valence-corrected chi connectivity index (χ3v) is 1.73. The quantitative estimate of drug-likeness (QED) is 0.462. The second kappa shape index (κ2) is 9.07. The Morgan fingerprint density at radius 1 is 0.941 bits per heavy atom. The van der Waals surface area contributed by atoms with Gasteiger partial charge in [0.1, 0.15) is 0 Å². The Balaban J connectivity index is 0. The van der Waals surface area contributed by atoms with Gasteiger partial charge in [0, 0.05) is 0 Å². The van der Waals surface area contributed by atoms with Gasteiger partial charge < -0.3 is 24.7 Å². The maximum atomic E-state index is 11.0. The van der Waals surface area contributed by atoms with Gasteiger partial charge in [0.2, 0.25) is 0 Å². The monoisotopic (exact) mass is 295 g/mol. The molecule has 7 nitrogen and oxygen atoms in total. The average molecular weight is 295 g/mol. The van der Waals surface area contributed by atoms with Crippen LogP contribution in [-0.4, -0.2) is 144 Å². The van der Waals surface area contributed by atoms with Gasteiger partial charge in [-0.3, -0.25) is 0 Å².